The summed E-state index contributed by atoms with van der Waals surface area (Å²) in [5.41, 5.74) is 18.3. The molecule has 1 aromatic heterocycles. The number of aromatic nitrogens is 1. The number of aliphatic imine (C=N–C) groups is 1. The molecule has 4 aromatic rings. The zero-order chi connectivity index (χ0) is 27.2. The molecule has 0 aliphatic rings. The fourth-order valence-corrected chi connectivity index (χ4v) is 4.05. The number of nitro groups is 1. The second-order valence-electron chi connectivity index (χ2n) is 8.51. The van der Waals surface area contributed by atoms with Gasteiger partial charge in [0.2, 0.25) is 5.91 Å². The maximum Gasteiger partial charge on any atom is 0.293 e. The van der Waals surface area contributed by atoms with Crippen LogP contribution in [0.5, 0.6) is 0 Å². The van der Waals surface area contributed by atoms with Crippen molar-refractivity contribution in [3.05, 3.63) is 82.4 Å². The maximum absolute atomic E-state index is 12.9. The van der Waals surface area contributed by atoms with Gasteiger partial charge in [-0.2, -0.15) is 4.99 Å². The summed E-state index contributed by atoms with van der Waals surface area (Å²) in [6.07, 6.45) is 0.165. The van der Waals surface area contributed by atoms with Crippen LogP contribution in [0.1, 0.15) is 23.2 Å². The highest BCUT2D eigenvalue weighted by molar-refractivity contribution is 6.09. The molecular weight excluding hydrogens is 488 g/mol. The fourth-order valence-electron chi connectivity index (χ4n) is 4.05. The molecule has 4 rings (SSSR count). The van der Waals surface area contributed by atoms with Crippen LogP contribution in [0.2, 0.25) is 0 Å². The van der Waals surface area contributed by atoms with Crippen molar-refractivity contribution in [1.29, 1.82) is 0 Å². The summed E-state index contributed by atoms with van der Waals surface area (Å²) in [5.74, 6) is -1.46. The van der Waals surface area contributed by atoms with Gasteiger partial charge < -0.3 is 27.8 Å². The topological polar surface area (TPSA) is 205 Å². The lowest BCUT2D eigenvalue weighted by molar-refractivity contribution is -0.383. The zero-order valence-corrected chi connectivity index (χ0v) is 20.3. The first-order valence-electron chi connectivity index (χ1n) is 11.7. The normalized spacial score (nSPS) is 11.6. The fraction of sp³-hybridized carbons (Fsp3) is 0.154. The van der Waals surface area contributed by atoms with E-state index in [0.717, 1.165) is 21.8 Å². The molecule has 1 heterocycles. The van der Waals surface area contributed by atoms with Crippen LogP contribution in [0, 0.1) is 10.1 Å². The van der Waals surface area contributed by atoms with E-state index in [1.165, 1.54) is 18.2 Å². The minimum absolute atomic E-state index is 0.0309. The number of amides is 2. The number of hydrogen-bond acceptors (Lipinski definition) is 7. The van der Waals surface area contributed by atoms with Crippen molar-refractivity contribution in [2.45, 2.75) is 18.9 Å². The SMILES string of the molecule is NCC(CCC(=O)N=C(N)N)NC(=O)c1ccc(Nc2c3ccccc3nc3ccccc23)c([N+](=O)[O-])c1. The Bertz CT molecular complexity index is 1510. The van der Waals surface area contributed by atoms with E-state index in [1.807, 2.05) is 48.5 Å². The molecule has 3 aromatic carbocycles. The molecule has 0 spiro atoms. The van der Waals surface area contributed by atoms with E-state index in [1.54, 1.807) is 0 Å². The van der Waals surface area contributed by atoms with Gasteiger partial charge in [0.05, 0.1) is 21.6 Å². The smallest absolute Gasteiger partial charge is 0.293 e. The molecule has 0 aliphatic carbocycles. The molecule has 12 heteroatoms. The Balaban J connectivity index is 1.61. The molecule has 8 N–H and O–H groups in total. The minimum Gasteiger partial charge on any atom is -0.370 e. The van der Waals surface area contributed by atoms with Crippen LogP contribution >= 0.6 is 0 Å². The van der Waals surface area contributed by atoms with Gasteiger partial charge in [0, 0.05) is 41.4 Å². The van der Waals surface area contributed by atoms with Crippen LogP contribution in [0.3, 0.4) is 0 Å². The van der Waals surface area contributed by atoms with Crippen LogP contribution in [0.15, 0.2) is 71.7 Å². The summed E-state index contributed by atoms with van der Waals surface area (Å²) in [5, 5.41) is 19.5. The number of nitro benzene ring substituents is 1. The first kappa shape index (κ1) is 26.0. The molecule has 2 amide bonds. The number of nitrogens with zero attached hydrogens (tertiary/aromatic N) is 3. The highest BCUT2D eigenvalue weighted by Crippen LogP contribution is 2.36. The predicted octanol–water partition coefficient (Wildman–Crippen LogP) is 2.68. The van der Waals surface area contributed by atoms with E-state index in [2.05, 4.69) is 20.6 Å². The minimum atomic E-state index is -0.566. The Labute approximate surface area is 217 Å². The molecule has 0 fully saturated rings. The average Bonchev–Trinajstić information content (AvgIpc) is 2.90. The van der Waals surface area contributed by atoms with Crippen LogP contribution in [0.4, 0.5) is 17.1 Å². The van der Waals surface area contributed by atoms with Crippen molar-refractivity contribution in [3.8, 4) is 0 Å². The summed E-state index contributed by atoms with van der Waals surface area (Å²) in [6.45, 7) is 0.0464. The number of benzene rings is 3. The van der Waals surface area contributed by atoms with E-state index >= 15 is 0 Å². The van der Waals surface area contributed by atoms with Gasteiger partial charge in [0.15, 0.2) is 5.96 Å². The molecule has 1 unspecified atom stereocenters. The lowest BCUT2D eigenvalue weighted by Crippen LogP contribution is -2.40. The van der Waals surface area contributed by atoms with Gasteiger partial charge in [-0.05, 0) is 30.7 Å². The highest BCUT2D eigenvalue weighted by Gasteiger charge is 2.21. The Hall–Kier alpha value is -5.10. The van der Waals surface area contributed by atoms with Gasteiger partial charge in [0.25, 0.3) is 11.6 Å². The number of pyridine rings is 1. The van der Waals surface area contributed by atoms with E-state index in [0.29, 0.717) is 5.69 Å². The van der Waals surface area contributed by atoms with Crippen LogP contribution in [0.25, 0.3) is 21.8 Å². The quantitative estimate of drug-likeness (QED) is 0.0730. The molecule has 0 radical (unpaired) electrons. The average molecular weight is 515 g/mol. The van der Waals surface area contributed by atoms with Crippen molar-refractivity contribution in [3.63, 3.8) is 0 Å². The van der Waals surface area contributed by atoms with E-state index in [4.69, 9.17) is 17.2 Å². The molecule has 12 nitrogen and oxygen atoms in total. The predicted molar refractivity (Wildman–Crippen MR) is 146 cm³/mol. The number of para-hydroxylation sites is 2. The molecule has 0 saturated heterocycles. The number of rotatable bonds is 9. The number of carbonyl (C=O) groups excluding carboxylic acids is 2. The van der Waals surface area contributed by atoms with Gasteiger partial charge in [-0.25, -0.2) is 4.98 Å². The van der Waals surface area contributed by atoms with Gasteiger partial charge in [0.1, 0.15) is 5.69 Å². The Morgan fingerprint density at radius 1 is 1.00 bits per heavy atom. The summed E-state index contributed by atoms with van der Waals surface area (Å²) < 4.78 is 0. The van der Waals surface area contributed by atoms with Crippen molar-refractivity contribution < 1.29 is 14.5 Å². The van der Waals surface area contributed by atoms with Gasteiger partial charge in [-0.3, -0.25) is 19.7 Å². The second kappa shape index (κ2) is 11.3. The molecule has 1 atom stereocenters. The number of nitrogens with two attached hydrogens (primary N) is 3. The largest absolute Gasteiger partial charge is 0.370 e. The summed E-state index contributed by atoms with van der Waals surface area (Å²) >= 11 is 0. The third kappa shape index (κ3) is 5.82. The van der Waals surface area contributed by atoms with Gasteiger partial charge in [-0.1, -0.05) is 36.4 Å². The highest BCUT2D eigenvalue weighted by atomic mass is 16.6. The molecule has 0 saturated carbocycles. The molecule has 0 aliphatic heterocycles. The monoisotopic (exact) mass is 514 g/mol. The van der Waals surface area contributed by atoms with Crippen molar-refractivity contribution in [2.24, 2.45) is 22.2 Å². The lowest BCUT2D eigenvalue weighted by atomic mass is 10.1. The number of hydrogen-bond donors (Lipinski definition) is 5. The van der Waals surface area contributed by atoms with Crippen LogP contribution < -0.4 is 27.8 Å². The van der Waals surface area contributed by atoms with Crippen LogP contribution in [-0.2, 0) is 4.79 Å². The molecule has 194 valence electrons. The summed E-state index contributed by atoms with van der Waals surface area (Å²) in [6, 6.07) is 18.6. The molecule has 38 heavy (non-hydrogen) atoms. The van der Waals surface area contributed by atoms with E-state index in [9.17, 15) is 19.7 Å². The number of nitrogens with one attached hydrogen (secondary N) is 2. The zero-order valence-electron chi connectivity index (χ0n) is 20.3. The number of anilines is 2. The summed E-state index contributed by atoms with van der Waals surface area (Å²) in [4.78, 5) is 44.1. The second-order valence-corrected chi connectivity index (χ2v) is 8.51. The maximum atomic E-state index is 12.9. The van der Waals surface area contributed by atoms with E-state index in [-0.39, 0.29) is 42.3 Å². The molecule has 0 bridgehead atoms. The number of guanidine groups is 1. The summed E-state index contributed by atoms with van der Waals surface area (Å²) in [7, 11) is 0. The first-order valence-corrected chi connectivity index (χ1v) is 11.7. The molecular formula is C26H26N8O4. The number of fused-ring (bicyclic) bond motifs is 2. The Morgan fingerprint density at radius 2 is 1.63 bits per heavy atom. The third-order valence-corrected chi connectivity index (χ3v) is 5.88. The van der Waals surface area contributed by atoms with Crippen LogP contribution in [-0.4, -0.2) is 40.3 Å². The lowest BCUT2D eigenvalue weighted by Gasteiger charge is -2.17. The van der Waals surface area contributed by atoms with E-state index < -0.39 is 22.8 Å². The Kier molecular flexibility index (Phi) is 7.73. The van der Waals surface area contributed by atoms with Gasteiger partial charge in [-0.15, -0.1) is 0 Å². The number of carbonyl (C=O) groups is 2. The first-order chi connectivity index (χ1) is 18.3. The van der Waals surface area contributed by atoms with Crippen molar-refractivity contribution in [1.82, 2.24) is 10.3 Å². The third-order valence-electron chi connectivity index (χ3n) is 5.88. The Morgan fingerprint density at radius 3 is 2.21 bits per heavy atom. The van der Waals surface area contributed by atoms with Crippen molar-refractivity contribution >= 4 is 56.6 Å². The van der Waals surface area contributed by atoms with Gasteiger partial charge >= 0.3 is 0 Å². The standard InChI is InChI=1S/C26H26N8O4/c27-14-16(10-12-23(35)33-26(28)29)30-25(36)15-9-11-21(22(13-15)34(37)38)32-24-17-5-1-3-7-19(17)31-20-8-4-2-6-18(20)24/h1-9,11,13,16H,10,12,14,27H2,(H,30,36)(H,31,32)(H4,28,29,33,35). The van der Waals surface area contributed by atoms with Crippen molar-refractivity contribution in [2.75, 3.05) is 11.9 Å².